The van der Waals surface area contributed by atoms with Gasteiger partial charge in [-0.2, -0.15) is 0 Å². The highest BCUT2D eigenvalue weighted by atomic mass is 16.2. The minimum absolute atomic E-state index is 0.259. The molecule has 0 spiro atoms. The number of hydrogen-bond donors (Lipinski definition) is 0. The fourth-order valence-electron chi connectivity index (χ4n) is 6.63. The molecule has 0 unspecified atom stereocenters. The van der Waals surface area contributed by atoms with Crippen LogP contribution in [-0.4, -0.2) is 54.5 Å². The first-order chi connectivity index (χ1) is 18.3. The van der Waals surface area contributed by atoms with Crippen molar-refractivity contribution < 1.29 is 4.79 Å². The number of benzene rings is 3. The minimum Gasteiger partial charge on any atom is -0.369 e. The molecule has 0 bridgehead atoms. The van der Waals surface area contributed by atoms with E-state index in [0.29, 0.717) is 12.0 Å². The SMILES string of the molecule is O=C1c2cc(N3CCN(CCC(c4ccccc4)c4ccccc4)CC3)ccc2CN1C1CCCCC1. The third kappa shape index (κ3) is 5.31. The molecule has 0 atom stereocenters. The maximum absolute atomic E-state index is 13.3. The average Bonchev–Trinajstić information content (AvgIpc) is 3.31. The Kier molecular flexibility index (Phi) is 7.27. The van der Waals surface area contributed by atoms with E-state index in [1.165, 1.54) is 54.5 Å². The lowest BCUT2D eigenvalue weighted by Gasteiger charge is -2.37. The van der Waals surface area contributed by atoms with Crippen molar-refractivity contribution in [1.29, 1.82) is 0 Å². The molecule has 4 nitrogen and oxygen atoms in total. The van der Waals surface area contributed by atoms with Gasteiger partial charge in [0.25, 0.3) is 5.91 Å². The van der Waals surface area contributed by atoms with Crippen LogP contribution in [0.3, 0.4) is 0 Å². The molecule has 3 aromatic carbocycles. The number of piperazine rings is 1. The molecule has 3 aromatic rings. The summed E-state index contributed by atoms with van der Waals surface area (Å²) in [6.07, 6.45) is 7.31. The van der Waals surface area contributed by atoms with Gasteiger partial charge < -0.3 is 9.80 Å². The fraction of sp³-hybridized carbons (Fsp3) is 0.424. The van der Waals surface area contributed by atoms with Crippen LogP contribution in [0.15, 0.2) is 78.9 Å². The van der Waals surface area contributed by atoms with Crippen LogP contribution in [0.2, 0.25) is 0 Å². The molecular formula is C33H39N3O. The first-order valence-electron chi connectivity index (χ1n) is 14.3. The second-order valence-electron chi connectivity index (χ2n) is 11.1. The molecule has 3 aliphatic rings. The van der Waals surface area contributed by atoms with Gasteiger partial charge in [-0.15, -0.1) is 0 Å². The molecule has 2 fully saturated rings. The van der Waals surface area contributed by atoms with E-state index in [4.69, 9.17) is 0 Å². The van der Waals surface area contributed by atoms with E-state index in [0.717, 1.165) is 51.3 Å². The first kappa shape index (κ1) is 24.2. The zero-order valence-corrected chi connectivity index (χ0v) is 21.9. The Morgan fingerprint density at radius 3 is 2.05 bits per heavy atom. The summed E-state index contributed by atoms with van der Waals surface area (Å²) in [5.74, 6) is 0.686. The molecule has 1 saturated heterocycles. The van der Waals surface area contributed by atoms with Crippen LogP contribution in [0.4, 0.5) is 5.69 Å². The number of hydrogen-bond acceptors (Lipinski definition) is 3. The van der Waals surface area contributed by atoms with Crippen LogP contribution in [0, 0.1) is 0 Å². The molecule has 1 amide bonds. The molecule has 2 heterocycles. The van der Waals surface area contributed by atoms with Crippen molar-refractivity contribution >= 4 is 11.6 Å². The van der Waals surface area contributed by atoms with E-state index in [2.05, 4.69) is 93.6 Å². The van der Waals surface area contributed by atoms with E-state index in [1.54, 1.807) is 0 Å². The minimum atomic E-state index is 0.259. The van der Waals surface area contributed by atoms with Crippen molar-refractivity contribution in [3.05, 3.63) is 101 Å². The molecule has 4 heteroatoms. The van der Waals surface area contributed by atoms with E-state index in [1.807, 2.05) is 0 Å². The Hall–Kier alpha value is -3.11. The average molecular weight is 494 g/mol. The molecule has 37 heavy (non-hydrogen) atoms. The highest BCUT2D eigenvalue weighted by molar-refractivity contribution is 5.99. The highest BCUT2D eigenvalue weighted by Crippen LogP contribution is 2.33. The normalized spacial score (nSPS) is 19.0. The molecule has 192 valence electrons. The number of nitrogens with zero attached hydrogens (tertiary/aromatic N) is 3. The number of carbonyl (C=O) groups excluding carboxylic acids is 1. The zero-order valence-electron chi connectivity index (χ0n) is 21.9. The Balaban J connectivity index is 1.06. The number of carbonyl (C=O) groups is 1. The van der Waals surface area contributed by atoms with Crippen LogP contribution < -0.4 is 4.90 Å². The lowest BCUT2D eigenvalue weighted by atomic mass is 9.88. The monoisotopic (exact) mass is 493 g/mol. The Morgan fingerprint density at radius 1 is 0.757 bits per heavy atom. The maximum atomic E-state index is 13.3. The Bertz CT molecular complexity index is 1140. The molecule has 0 radical (unpaired) electrons. The van der Waals surface area contributed by atoms with Crippen LogP contribution in [0.5, 0.6) is 0 Å². The topological polar surface area (TPSA) is 26.8 Å². The van der Waals surface area contributed by atoms with Crippen LogP contribution in [0.25, 0.3) is 0 Å². The third-order valence-electron chi connectivity index (χ3n) is 8.82. The Morgan fingerprint density at radius 2 is 1.41 bits per heavy atom. The van der Waals surface area contributed by atoms with Gasteiger partial charge in [-0.05, 0) is 54.6 Å². The lowest BCUT2D eigenvalue weighted by molar-refractivity contribution is 0.0660. The summed E-state index contributed by atoms with van der Waals surface area (Å²) in [6.45, 7) is 6.06. The molecule has 0 N–H and O–H groups in total. The van der Waals surface area contributed by atoms with Crippen molar-refractivity contribution in [2.75, 3.05) is 37.6 Å². The molecule has 1 saturated carbocycles. The predicted octanol–water partition coefficient (Wildman–Crippen LogP) is 6.32. The third-order valence-corrected chi connectivity index (χ3v) is 8.82. The van der Waals surface area contributed by atoms with Gasteiger partial charge in [0, 0.05) is 55.9 Å². The summed E-state index contributed by atoms with van der Waals surface area (Å²) >= 11 is 0. The Labute approximate surface area is 221 Å². The van der Waals surface area contributed by atoms with Crippen molar-refractivity contribution in [1.82, 2.24) is 9.80 Å². The van der Waals surface area contributed by atoms with Gasteiger partial charge in [0.1, 0.15) is 0 Å². The molecular weight excluding hydrogens is 454 g/mol. The van der Waals surface area contributed by atoms with Crippen molar-refractivity contribution in [2.45, 2.75) is 57.0 Å². The summed E-state index contributed by atoms with van der Waals surface area (Å²) < 4.78 is 0. The van der Waals surface area contributed by atoms with Gasteiger partial charge >= 0.3 is 0 Å². The van der Waals surface area contributed by atoms with Crippen molar-refractivity contribution in [3.63, 3.8) is 0 Å². The smallest absolute Gasteiger partial charge is 0.254 e. The van der Waals surface area contributed by atoms with Crippen molar-refractivity contribution in [3.8, 4) is 0 Å². The van der Waals surface area contributed by atoms with Gasteiger partial charge in [0.05, 0.1) is 0 Å². The van der Waals surface area contributed by atoms with Gasteiger partial charge in [-0.1, -0.05) is 86.0 Å². The van der Waals surface area contributed by atoms with Crippen LogP contribution >= 0.6 is 0 Å². The summed E-state index contributed by atoms with van der Waals surface area (Å²) in [7, 11) is 0. The number of amides is 1. The van der Waals surface area contributed by atoms with E-state index in [-0.39, 0.29) is 5.91 Å². The van der Waals surface area contributed by atoms with Gasteiger partial charge in [0.15, 0.2) is 0 Å². The standard InChI is InChI=1S/C33H39N3O/c37-33-32-24-30(17-16-28(32)25-36(33)29-14-8-3-9-15-29)35-22-20-34(21-23-35)19-18-31(26-10-4-1-5-11-26)27-12-6-2-7-13-27/h1-2,4-7,10-13,16-17,24,29,31H,3,8-9,14-15,18-23,25H2. The van der Waals surface area contributed by atoms with Gasteiger partial charge in [-0.3, -0.25) is 9.69 Å². The number of rotatable bonds is 7. The van der Waals surface area contributed by atoms with Crippen LogP contribution in [0.1, 0.15) is 71.5 Å². The number of fused-ring (bicyclic) bond motifs is 1. The molecule has 6 rings (SSSR count). The second-order valence-corrected chi connectivity index (χ2v) is 11.1. The second kappa shape index (κ2) is 11.1. The summed E-state index contributed by atoms with van der Waals surface area (Å²) in [5, 5.41) is 0. The fourth-order valence-corrected chi connectivity index (χ4v) is 6.63. The molecule has 2 aliphatic heterocycles. The van der Waals surface area contributed by atoms with Crippen LogP contribution in [-0.2, 0) is 6.54 Å². The summed E-state index contributed by atoms with van der Waals surface area (Å²) in [6, 6.07) is 28.9. The van der Waals surface area contributed by atoms with Gasteiger partial charge in [-0.25, -0.2) is 0 Å². The first-order valence-corrected chi connectivity index (χ1v) is 14.3. The summed E-state index contributed by atoms with van der Waals surface area (Å²) in [5.41, 5.74) is 6.17. The number of anilines is 1. The zero-order chi connectivity index (χ0) is 25.0. The van der Waals surface area contributed by atoms with Crippen molar-refractivity contribution in [2.24, 2.45) is 0 Å². The van der Waals surface area contributed by atoms with E-state index < -0.39 is 0 Å². The summed E-state index contributed by atoms with van der Waals surface area (Å²) in [4.78, 5) is 20.5. The molecule has 0 aromatic heterocycles. The largest absolute Gasteiger partial charge is 0.369 e. The lowest BCUT2D eigenvalue weighted by Crippen LogP contribution is -2.46. The quantitative estimate of drug-likeness (QED) is 0.385. The maximum Gasteiger partial charge on any atom is 0.254 e. The molecule has 1 aliphatic carbocycles. The van der Waals surface area contributed by atoms with Gasteiger partial charge in [0.2, 0.25) is 0 Å². The van der Waals surface area contributed by atoms with E-state index >= 15 is 0 Å². The predicted molar refractivity (Wildman–Crippen MR) is 151 cm³/mol. The van der Waals surface area contributed by atoms with E-state index in [9.17, 15) is 4.79 Å². The highest BCUT2D eigenvalue weighted by Gasteiger charge is 2.34.